The van der Waals surface area contributed by atoms with E-state index in [1.54, 1.807) is 0 Å². The fraction of sp³-hybridized carbons (Fsp3) is 0.778. The quantitative estimate of drug-likeness (QED) is 0.316. The van der Waals surface area contributed by atoms with Crippen LogP contribution in [-0.2, 0) is 4.79 Å². The second-order valence-electron chi connectivity index (χ2n) is 3.35. The van der Waals surface area contributed by atoms with Crippen molar-refractivity contribution in [1.82, 2.24) is 0 Å². The molecule has 0 bridgehead atoms. The third kappa shape index (κ3) is 2.52. The van der Waals surface area contributed by atoms with Crippen molar-refractivity contribution in [2.75, 3.05) is 0 Å². The van der Waals surface area contributed by atoms with E-state index in [1.165, 1.54) is 6.92 Å². The van der Waals surface area contributed by atoms with Crippen molar-refractivity contribution in [3.63, 3.8) is 0 Å². The number of carbonyl (C=O) groups excluding carboxylic acids is 1. The number of rotatable bonds is 5. The van der Waals surface area contributed by atoms with Crippen molar-refractivity contribution in [2.24, 2.45) is 0 Å². The Labute approximate surface area is 82.5 Å². The van der Waals surface area contributed by atoms with E-state index in [1.807, 2.05) is 0 Å². The number of nitrogens with zero attached hydrogens (tertiary/aromatic N) is 2. The molecule has 0 saturated carbocycles. The summed E-state index contributed by atoms with van der Waals surface area (Å²) in [6.45, 7) is 7.79. The molecule has 74 valence electrons. The van der Waals surface area contributed by atoms with Crippen LogP contribution in [0.4, 0.5) is 0 Å². The predicted molar refractivity (Wildman–Crippen MR) is 56.5 cm³/mol. The first-order valence-electron chi connectivity index (χ1n) is 4.81. The summed E-state index contributed by atoms with van der Waals surface area (Å²) >= 11 is -2.29. The van der Waals surface area contributed by atoms with Crippen LogP contribution in [0.15, 0.2) is 0 Å². The van der Waals surface area contributed by atoms with Gasteiger partial charge in [-0.15, -0.1) is 0 Å². The molecule has 0 radical (unpaired) electrons. The van der Waals surface area contributed by atoms with Gasteiger partial charge in [0.1, 0.15) is 0 Å². The summed E-state index contributed by atoms with van der Waals surface area (Å²) < 4.78 is 0.507. The van der Waals surface area contributed by atoms with Crippen LogP contribution in [0.5, 0.6) is 0 Å². The molecule has 0 unspecified atom stereocenters. The fourth-order valence-corrected chi connectivity index (χ4v) is 9.07. The van der Waals surface area contributed by atoms with Gasteiger partial charge in [0.2, 0.25) is 0 Å². The molecule has 0 fully saturated rings. The Bertz CT molecular complexity index is 232. The molecular weight excluding hydrogens is 225 g/mol. The van der Waals surface area contributed by atoms with E-state index in [0.29, 0.717) is 4.54 Å². The Morgan fingerprint density at radius 1 is 1.23 bits per heavy atom. The molecule has 0 aliphatic carbocycles. The molecule has 0 spiro atoms. The van der Waals surface area contributed by atoms with Gasteiger partial charge in [0.25, 0.3) is 0 Å². The van der Waals surface area contributed by atoms with Crippen molar-refractivity contribution in [3.05, 3.63) is 5.53 Å². The topological polar surface area (TPSA) is 53.5 Å². The van der Waals surface area contributed by atoms with Crippen LogP contribution in [0.2, 0.25) is 15.8 Å². The summed E-state index contributed by atoms with van der Waals surface area (Å²) in [5.41, 5.74) is 8.84. The first kappa shape index (κ1) is 12.6. The molecule has 0 rings (SSSR count). The fourth-order valence-electron chi connectivity index (χ4n) is 1.80. The number of carbonyl (C=O) groups is 1. The van der Waals surface area contributed by atoms with Crippen molar-refractivity contribution < 1.29 is 9.58 Å². The van der Waals surface area contributed by atoms with Gasteiger partial charge < -0.3 is 0 Å². The van der Waals surface area contributed by atoms with Crippen molar-refractivity contribution in [2.45, 2.75) is 43.5 Å². The maximum absolute atomic E-state index is 11.3. The molecule has 0 aromatic rings. The zero-order chi connectivity index (χ0) is 10.5. The van der Waals surface area contributed by atoms with Crippen molar-refractivity contribution in [3.8, 4) is 0 Å². The van der Waals surface area contributed by atoms with Gasteiger partial charge >= 0.3 is 82.2 Å². The summed E-state index contributed by atoms with van der Waals surface area (Å²) in [5, 5.41) is 3.06. The first-order valence-corrected chi connectivity index (χ1v) is 10.3. The summed E-state index contributed by atoms with van der Waals surface area (Å²) in [6.07, 6.45) is 0. The molecule has 0 aliphatic rings. The maximum atomic E-state index is 11.3. The molecule has 0 aromatic carbocycles. The van der Waals surface area contributed by atoms with Crippen molar-refractivity contribution >= 4 is 23.6 Å². The molecule has 0 aliphatic heterocycles. The van der Waals surface area contributed by atoms with E-state index in [9.17, 15) is 4.79 Å². The average Bonchev–Trinajstić information content (AvgIpc) is 2.13. The van der Waals surface area contributed by atoms with Crippen LogP contribution in [0.1, 0.15) is 27.7 Å². The van der Waals surface area contributed by atoms with E-state index >= 15 is 0 Å². The zero-order valence-electron chi connectivity index (χ0n) is 8.92. The van der Waals surface area contributed by atoms with E-state index in [0.717, 1.165) is 15.8 Å². The predicted octanol–water partition coefficient (Wildman–Crippen LogP) is 2.29. The molecule has 0 amide bonds. The van der Waals surface area contributed by atoms with Gasteiger partial charge in [-0.05, 0) is 0 Å². The van der Waals surface area contributed by atoms with Crippen LogP contribution in [0.25, 0.3) is 5.53 Å². The van der Waals surface area contributed by atoms with Gasteiger partial charge in [-0.1, -0.05) is 0 Å². The molecule has 4 heteroatoms. The summed E-state index contributed by atoms with van der Waals surface area (Å²) in [7, 11) is 0. The normalized spacial score (nSPS) is 10.8. The Morgan fingerprint density at radius 3 is 1.69 bits per heavy atom. The number of ketones is 1. The Hall–Kier alpha value is -0.407. The standard InChI is InChI=1S/C9H18GeN2O/c1-5-10(6-2,7-3)9(12-11)8(4)13/h5-7H2,1-4H3. The molecule has 0 aromatic heterocycles. The molecule has 3 nitrogen and oxygen atoms in total. The van der Waals surface area contributed by atoms with Gasteiger partial charge in [-0.25, -0.2) is 0 Å². The Balaban J connectivity index is 5.13. The van der Waals surface area contributed by atoms with Crippen LogP contribution >= 0.6 is 0 Å². The summed E-state index contributed by atoms with van der Waals surface area (Å²) in [5.74, 6) is -0.0481. The van der Waals surface area contributed by atoms with Gasteiger partial charge in [-0.3, -0.25) is 0 Å². The minimum atomic E-state index is -2.29. The third-order valence-electron chi connectivity index (χ3n) is 2.97. The minimum absolute atomic E-state index is 0.0481. The molecule has 0 atom stereocenters. The number of hydrogen-bond donors (Lipinski definition) is 0. The van der Waals surface area contributed by atoms with Crippen molar-refractivity contribution in [1.29, 1.82) is 0 Å². The van der Waals surface area contributed by atoms with Gasteiger partial charge in [0, 0.05) is 0 Å². The SMILES string of the molecule is C[CH2][Ge]([CH2]C)([CH2]C)[C](=[N+]=[N-])C(C)=O. The zero-order valence-corrected chi connectivity index (χ0v) is 11.0. The van der Waals surface area contributed by atoms with E-state index < -0.39 is 13.3 Å². The Kier molecular flexibility index (Phi) is 5.18. The second kappa shape index (κ2) is 5.35. The van der Waals surface area contributed by atoms with Crippen LogP contribution in [-0.4, -0.2) is 28.4 Å². The van der Waals surface area contributed by atoms with E-state index in [2.05, 4.69) is 25.6 Å². The van der Waals surface area contributed by atoms with Gasteiger partial charge in [-0.2, -0.15) is 0 Å². The molecule has 0 saturated heterocycles. The van der Waals surface area contributed by atoms with Gasteiger partial charge in [0.15, 0.2) is 0 Å². The average molecular weight is 243 g/mol. The molecule has 0 heterocycles. The molecule has 13 heavy (non-hydrogen) atoms. The van der Waals surface area contributed by atoms with Crippen LogP contribution < -0.4 is 0 Å². The monoisotopic (exact) mass is 244 g/mol. The number of Topliss-reactive ketones (excluding diaryl/α,β-unsaturated/α-hetero) is 1. The summed E-state index contributed by atoms with van der Waals surface area (Å²) in [4.78, 5) is 14.5. The van der Waals surface area contributed by atoms with Crippen LogP contribution in [0.3, 0.4) is 0 Å². The number of hydrogen-bond acceptors (Lipinski definition) is 1. The van der Waals surface area contributed by atoms with Gasteiger partial charge in [0.05, 0.1) is 0 Å². The van der Waals surface area contributed by atoms with E-state index in [-0.39, 0.29) is 5.78 Å². The van der Waals surface area contributed by atoms with E-state index in [4.69, 9.17) is 5.53 Å². The molecular formula is C9H18GeN2O. The Morgan fingerprint density at radius 2 is 1.62 bits per heavy atom. The molecule has 0 N–H and O–H groups in total. The second-order valence-corrected chi connectivity index (χ2v) is 14.2. The first-order chi connectivity index (χ1) is 6.07. The summed E-state index contributed by atoms with van der Waals surface area (Å²) in [6, 6.07) is 0. The van der Waals surface area contributed by atoms with Crippen LogP contribution in [0, 0.1) is 0 Å². The third-order valence-corrected chi connectivity index (χ3v) is 14.5.